The number of thiophene rings is 1. The molecule has 1 aromatic heterocycles. The van der Waals surface area contributed by atoms with Crippen molar-refractivity contribution in [3.05, 3.63) is 58.3 Å². The van der Waals surface area contributed by atoms with Crippen molar-refractivity contribution in [1.82, 2.24) is 4.90 Å². The molecule has 2 saturated heterocycles. The Bertz CT molecular complexity index is 867. The fraction of sp³-hybridized carbons (Fsp3) is 0.316. The van der Waals surface area contributed by atoms with Gasteiger partial charge in [0.1, 0.15) is 17.9 Å². The van der Waals surface area contributed by atoms with E-state index in [4.69, 9.17) is 4.74 Å². The molecule has 0 bridgehead atoms. The summed E-state index contributed by atoms with van der Waals surface area (Å²) in [7, 11) is 2.81. The molecule has 1 aromatic carbocycles. The van der Waals surface area contributed by atoms with Crippen LogP contribution in [-0.4, -0.2) is 36.8 Å². The summed E-state index contributed by atoms with van der Waals surface area (Å²) >= 11 is 1.52. The van der Waals surface area contributed by atoms with Crippen molar-refractivity contribution in [2.24, 2.45) is 11.8 Å². The van der Waals surface area contributed by atoms with Crippen LogP contribution in [0.25, 0.3) is 0 Å². The zero-order chi connectivity index (χ0) is 18.5. The Morgan fingerprint density at radius 2 is 1.88 bits per heavy atom. The second-order valence-corrected chi connectivity index (χ2v) is 7.65. The highest BCUT2D eigenvalue weighted by atomic mass is 32.1. The van der Waals surface area contributed by atoms with Gasteiger partial charge >= 0.3 is 5.97 Å². The first-order valence-electron chi connectivity index (χ1n) is 8.37. The van der Waals surface area contributed by atoms with E-state index in [2.05, 4.69) is 0 Å². The highest BCUT2D eigenvalue weighted by molar-refractivity contribution is 7.10. The summed E-state index contributed by atoms with van der Waals surface area (Å²) in [6, 6.07) is 12.7. The molecule has 2 fully saturated rings. The van der Waals surface area contributed by atoms with Gasteiger partial charge in [-0.2, -0.15) is 0 Å². The second kappa shape index (κ2) is 6.03. The Morgan fingerprint density at radius 3 is 2.50 bits per heavy atom. The average Bonchev–Trinajstić information content (AvgIpc) is 3.36. The molecule has 2 amide bonds. The molecule has 4 atom stereocenters. The molecule has 2 N–H and O–H groups in total. The Hall–Kier alpha value is -2.51. The fourth-order valence-electron chi connectivity index (χ4n) is 4.38. The number of amides is 2. The number of nitrogens with zero attached hydrogens (tertiary/aromatic N) is 1. The lowest BCUT2D eigenvalue weighted by Gasteiger charge is -2.28. The van der Waals surface area contributed by atoms with Gasteiger partial charge in [-0.1, -0.05) is 36.4 Å². The molecular formula is C19H19N2O4S+. The molecule has 7 heteroatoms. The van der Waals surface area contributed by atoms with E-state index in [1.54, 1.807) is 0 Å². The van der Waals surface area contributed by atoms with E-state index < -0.39 is 23.3 Å². The van der Waals surface area contributed by atoms with Crippen molar-refractivity contribution in [3.63, 3.8) is 0 Å². The van der Waals surface area contributed by atoms with Crippen LogP contribution in [0, 0.1) is 11.8 Å². The predicted molar refractivity (Wildman–Crippen MR) is 93.9 cm³/mol. The standard InChI is InChI=1S/C19H18N2O4S/c1-21-16(22)13-14(17(21)23)19(18(24)25-2,11-7-4-3-5-8-11)20-15(13)12-9-6-10-26-12/h3-10,13-15,20H,1-2H3/p+1/t13-,14+,15+,19+/m0/s1. The van der Waals surface area contributed by atoms with Gasteiger partial charge in [-0.25, -0.2) is 4.79 Å². The lowest BCUT2D eigenvalue weighted by Crippen LogP contribution is -2.96. The zero-order valence-corrected chi connectivity index (χ0v) is 15.2. The van der Waals surface area contributed by atoms with Crippen LogP contribution in [0.5, 0.6) is 0 Å². The summed E-state index contributed by atoms with van der Waals surface area (Å²) in [5, 5.41) is 3.79. The molecule has 0 radical (unpaired) electrons. The molecule has 2 aliphatic heterocycles. The van der Waals surface area contributed by atoms with E-state index in [9.17, 15) is 14.4 Å². The van der Waals surface area contributed by atoms with E-state index >= 15 is 0 Å². The van der Waals surface area contributed by atoms with Gasteiger partial charge in [0, 0.05) is 12.6 Å². The summed E-state index contributed by atoms with van der Waals surface area (Å²) in [5.41, 5.74) is -0.593. The number of hydrogen-bond donors (Lipinski definition) is 1. The van der Waals surface area contributed by atoms with E-state index in [0.29, 0.717) is 5.56 Å². The second-order valence-electron chi connectivity index (χ2n) is 6.67. The molecule has 2 aliphatic rings. The molecule has 2 aromatic rings. The number of likely N-dealkylation sites (tertiary alicyclic amines) is 1. The minimum absolute atomic E-state index is 0.239. The van der Waals surface area contributed by atoms with Crippen molar-refractivity contribution in [1.29, 1.82) is 0 Å². The molecule has 0 saturated carbocycles. The highest BCUT2D eigenvalue weighted by Gasteiger charge is 2.73. The van der Waals surface area contributed by atoms with Gasteiger partial charge in [0.25, 0.3) is 0 Å². The van der Waals surface area contributed by atoms with Gasteiger partial charge in [0.2, 0.25) is 17.4 Å². The number of carbonyl (C=O) groups is 3. The maximum absolute atomic E-state index is 13.0. The average molecular weight is 371 g/mol. The van der Waals surface area contributed by atoms with Crippen LogP contribution < -0.4 is 5.32 Å². The third-order valence-corrected chi connectivity index (χ3v) is 6.51. The maximum atomic E-state index is 13.0. The number of carbonyl (C=O) groups excluding carboxylic acids is 3. The van der Waals surface area contributed by atoms with Gasteiger partial charge in [0.15, 0.2) is 0 Å². The quantitative estimate of drug-likeness (QED) is 0.635. The van der Waals surface area contributed by atoms with Crippen molar-refractivity contribution in [2.45, 2.75) is 11.6 Å². The number of nitrogens with two attached hydrogens (primary N) is 1. The van der Waals surface area contributed by atoms with Crippen molar-refractivity contribution >= 4 is 29.1 Å². The Kier molecular flexibility index (Phi) is 3.93. The number of imide groups is 1. The number of benzene rings is 1. The van der Waals surface area contributed by atoms with Crippen LogP contribution in [0.3, 0.4) is 0 Å². The van der Waals surface area contributed by atoms with Gasteiger partial charge < -0.3 is 10.1 Å². The molecule has 26 heavy (non-hydrogen) atoms. The number of ether oxygens (including phenoxy) is 1. The summed E-state index contributed by atoms with van der Waals surface area (Å²) in [5.74, 6) is -2.46. The minimum Gasteiger partial charge on any atom is -0.464 e. The smallest absolute Gasteiger partial charge is 0.373 e. The minimum atomic E-state index is -1.27. The van der Waals surface area contributed by atoms with Crippen LogP contribution in [0.15, 0.2) is 47.8 Å². The number of hydrogen-bond acceptors (Lipinski definition) is 5. The molecule has 3 heterocycles. The monoisotopic (exact) mass is 371 g/mol. The molecule has 6 nitrogen and oxygen atoms in total. The molecule has 0 unspecified atom stereocenters. The van der Waals surface area contributed by atoms with Gasteiger partial charge in [-0.3, -0.25) is 14.5 Å². The van der Waals surface area contributed by atoms with Gasteiger partial charge in [-0.05, 0) is 11.4 Å². The molecule has 134 valence electrons. The molecular weight excluding hydrogens is 352 g/mol. The van der Waals surface area contributed by atoms with Crippen LogP contribution in [0.1, 0.15) is 16.5 Å². The first-order chi connectivity index (χ1) is 12.5. The number of fused-ring (bicyclic) bond motifs is 1. The first-order valence-corrected chi connectivity index (χ1v) is 9.25. The third-order valence-electron chi connectivity index (χ3n) is 5.54. The summed E-state index contributed by atoms with van der Waals surface area (Å²) < 4.78 is 5.14. The number of rotatable bonds is 3. The molecule has 0 spiro atoms. The van der Waals surface area contributed by atoms with Gasteiger partial charge in [0.05, 0.1) is 12.0 Å². The Morgan fingerprint density at radius 1 is 1.15 bits per heavy atom. The SMILES string of the molecule is COC(=O)[C@]1(c2ccccc2)[NH2+][C@H](c2cccs2)[C@H]2C(=O)N(C)C(=O)[C@@H]21. The van der Waals surface area contributed by atoms with Gasteiger partial charge in [-0.15, -0.1) is 11.3 Å². The van der Waals surface area contributed by atoms with Crippen LogP contribution in [0.2, 0.25) is 0 Å². The Labute approximate surface area is 154 Å². The largest absolute Gasteiger partial charge is 0.464 e. The topological polar surface area (TPSA) is 80.3 Å². The zero-order valence-electron chi connectivity index (χ0n) is 14.4. The predicted octanol–water partition coefficient (Wildman–Crippen LogP) is 0.666. The third kappa shape index (κ3) is 2.10. The summed E-state index contributed by atoms with van der Waals surface area (Å²) in [6.07, 6.45) is 0. The summed E-state index contributed by atoms with van der Waals surface area (Å²) in [4.78, 5) is 41.0. The van der Waals surface area contributed by atoms with Crippen LogP contribution in [-0.2, 0) is 24.7 Å². The summed E-state index contributed by atoms with van der Waals surface area (Å²) in [6.45, 7) is 0. The normalized spacial score (nSPS) is 30.5. The first kappa shape index (κ1) is 16.9. The Balaban J connectivity index is 1.95. The number of methoxy groups -OCH3 is 1. The number of quaternary nitrogens is 1. The fourth-order valence-corrected chi connectivity index (χ4v) is 5.22. The lowest BCUT2D eigenvalue weighted by atomic mass is 9.75. The molecule has 0 aliphatic carbocycles. The number of esters is 1. The van der Waals surface area contributed by atoms with Crippen LogP contribution >= 0.6 is 11.3 Å². The van der Waals surface area contributed by atoms with E-state index in [-0.39, 0.29) is 17.9 Å². The highest BCUT2D eigenvalue weighted by Crippen LogP contribution is 2.48. The van der Waals surface area contributed by atoms with Crippen molar-refractivity contribution in [2.75, 3.05) is 14.2 Å². The maximum Gasteiger partial charge on any atom is 0.373 e. The van der Waals surface area contributed by atoms with E-state index in [0.717, 1.165) is 9.78 Å². The van der Waals surface area contributed by atoms with E-state index in [1.807, 2.05) is 53.2 Å². The van der Waals surface area contributed by atoms with Crippen molar-refractivity contribution in [3.8, 4) is 0 Å². The van der Waals surface area contributed by atoms with E-state index in [1.165, 1.54) is 25.5 Å². The molecule has 4 rings (SSSR count). The van der Waals surface area contributed by atoms with Crippen LogP contribution in [0.4, 0.5) is 0 Å². The van der Waals surface area contributed by atoms with Crippen molar-refractivity contribution < 1.29 is 24.4 Å². The lowest BCUT2D eigenvalue weighted by molar-refractivity contribution is -0.741.